The summed E-state index contributed by atoms with van der Waals surface area (Å²) in [6, 6.07) is 9.43. The van der Waals surface area contributed by atoms with Crippen molar-refractivity contribution in [3.8, 4) is 0 Å². The molecule has 1 amide bonds. The van der Waals surface area contributed by atoms with Crippen molar-refractivity contribution in [3.05, 3.63) is 35.9 Å². The molecule has 1 fully saturated rings. The minimum absolute atomic E-state index is 0.00685. The minimum atomic E-state index is -0.892. The Morgan fingerprint density at radius 2 is 2.10 bits per heavy atom. The fourth-order valence-electron chi connectivity index (χ4n) is 2.35. The highest BCUT2D eigenvalue weighted by Gasteiger charge is 2.44. The van der Waals surface area contributed by atoms with Gasteiger partial charge in [0.1, 0.15) is 0 Å². The van der Waals surface area contributed by atoms with E-state index in [9.17, 15) is 14.7 Å². The van der Waals surface area contributed by atoms with Gasteiger partial charge in [-0.3, -0.25) is 9.59 Å². The van der Waals surface area contributed by atoms with Crippen LogP contribution in [0.2, 0.25) is 0 Å². The number of hydrogen-bond acceptors (Lipinski definition) is 3. The second-order valence-electron chi connectivity index (χ2n) is 5.31. The van der Waals surface area contributed by atoms with Gasteiger partial charge in [-0.05, 0) is 25.3 Å². The Morgan fingerprint density at radius 1 is 1.38 bits per heavy atom. The molecule has 1 aliphatic carbocycles. The summed E-state index contributed by atoms with van der Waals surface area (Å²) in [5.41, 5.74) is 0.956. The maximum atomic E-state index is 11.9. The Bertz CT molecular complexity index is 488. The number of carboxylic acids is 1. The van der Waals surface area contributed by atoms with Crippen LogP contribution in [-0.4, -0.2) is 36.2 Å². The molecular formula is C16H21NO4. The molecule has 114 valence electrons. The monoisotopic (exact) mass is 291 g/mol. The first-order valence-corrected chi connectivity index (χ1v) is 7.27. The second-order valence-corrected chi connectivity index (χ2v) is 5.31. The van der Waals surface area contributed by atoms with Crippen molar-refractivity contribution in [3.63, 3.8) is 0 Å². The van der Waals surface area contributed by atoms with Crippen molar-refractivity contribution in [2.24, 2.45) is 11.8 Å². The molecule has 0 heterocycles. The SMILES string of the molecule is CCO[C@@H]1C[C@H]1C(=O)NC[C@H](Cc1ccccc1)C(=O)O. The van der Waals surface area contributed by atoms with Gasteiger partial charge in [0, 0.05) is 13.2 Å². The topological polar surface area (TPSA) is 75.6 Å². The lowest BCUT2D eigenvalue weighted by molar-refractivity contribution is -0.141. The third kappa shape index (κ3) is 4.56. The van der Waals surface area contributed by atoms with Gasteiger partial charge in [0.15, 0.2) is 0 Å². The summed E-state index contributed by atoms with van der Waals surface area (Å²) >= 11 is 0. The first kappa shape index (κ1) is 15.5. The summed E-state index contributed by atoms with van der Waals surface area (Å²) in [5, 5.41) is 12.0. The highest BCUT2D eigenvalue weighted by atomic mass is 16.5. The zero-order valence-electron chi connectivity index (χ0n) is 12.1. The fourth-order valence-corrected chi connectivity index (χ4v) is 2.35. The van der Waals surface area contributed by atoms with Crippen molar-refractivity contribution in [1.82, 2.24) is 5.32 Å². The zero-order valence-corrected chi connectivity index (χ0v) is 12.1. The maximum absolute atomic E-state index is 11.9. The molecule has 3 atom stereocenters. The van der Waals surface area contributed by atoms with Gasteiger partial charge in [0.2, 0.25) is 5.91 Å². The molecule has 0 saturated heterocycles. The number of nitrogens with one attached hydrogen (secondary N) is 1. The summed E-state index contributed by atoms with van der Waals surface area (Å²) in [6.07, 6.45) is 1.15. The van der Waals surface area contributed by atoms with E-state index in [1.807, 2.05) is 37.3 Å². The van der Waals surface area contributed by atoms with E-state index in [-0.39, 0.29) is 24.5 Å². The Kier molecular flexibility index (Phi) is 5.33. The van der Waals surface area contributed by atoms with Gasteiger partial charge in [-0.2, -0.15) is 0 Å². The normalized spacial score (nSPS) is 21.6. The number of carbonyl (C=O) groups excluding carboxylic acids is 1. The maximum Gasteiger partial charge on any atom is 0.308 e. The smallest absolute Gasteiger partial charge is 0.308 e. The largest absolute Gasteiger partial charge is 0.481 e. The molecule has 2 rings (SSSR count). The van der Waals surface area contributed by atoms with Crippen molar-refractivity contribution in [1.29, 1.82) is 0 Å². The molecule has 1 aromatic rings. The predicted molar refractivity (Wildman–Crippen MR) is 77.8 cm³/mol. The van der Waals surface area contributed by atoms with Gasteiger partial charge in [-0.25, -0.2) is 0 Å². The summed E-state index contributed by atoms with van der Waals surface area (Å²) in [5.74, 6) is -1.72. The molecule has 2 N–H and O–H groups in total. The van der Waals surface area contributed by atoms with Crippen LogP contribution in [0, 0.1) is 11.8 Å². The lowest BCUT2D eigenvalue weighted by atomic mass is 9.99. The van der Waals surface area contributed by atoms with Crippen LogP contribution in [0.3, 0.4) is 0 Å². The van der Waals surface area contributed by atoms with Crippen molar-refractivity contribution in [2.45, 2.75) is 25.9 Å². The lowest BCUT2D eigenvalue weighted by Gasteiger charge is -2.13. The van der Waals surface area contributed by atoms with Crippen LogP contribution in [0.1, 0.15) is 18.9 Å². The number of carboxylic acid groups (broad SMARTS) is 1. The van der Waals surface area contributed by atoms with E-state index in [0.717, 1.165) is 12.0 Å². The van der Waals surface area contributed by atoms with E-state index in [2.05, 4.69) is 5.32 Å². The fraction of sp³-hybridized carbons (Fsp3) is 0.500. The average molecular weight is 291 g/mol. The van der Waals surface area contributed by atoms with Crippen LogP contribution in [0.25, 0.3) is 0 Å². The molecule has 5 heteroatoms. The number of hydrogen-bond donors (Lipinski definition) is 2. The second kappa shape index (κ2) is 7.22. The van der Waals surface area contributed by atoms with Crippen molar-refractivity contribution < 1.29 is 19.4 Å². The molecule has 1 aliphatic rings. The molecule has 1 saturated carbocycles. The van der Waals surface area contributed by atoms with Gasteiger partial charge < -0.3 is 15.2 Å². The number of benzene rings is 1. The summed E-state index contributed by atoms with van der Waals surface area (Å²) in [4.78, 5) is 23.2. The van der Waals surface area contributed by atoms with Gasteiger partial charge in [0.25, 0.3) is 0 Å². The number of aliphatic carboxylic acids is 1. The summed E-state index contributed by atoms with van der Waals surface area (Å²) in [6.45, 7) is 2.65. The van der Waals surface area contributed by atoms with E-state index >= 15 is 0 Å². The molecule has 0 aliphatic heterocycles. The Balaban J connectivity index is 1.81. The summed E-state index contributed by atoms with van der Waals surface area (Å²) < 4.78 is 5.36. The number of carbonyl (C=O) groups is 2. The van der Waals surface area contributed by atoms with Crippen molar-refractivity contribution >= 4 is 11.9 Å². The van der Waals surface area contributed by atoms with Crippen LogP contribution in [0.15, 0.2) is 30.3 Å². The molecule has 0 radical (unpaired) electrons. The molecule has 21 heavy (non-hydrogen) atoms. The van der Waals surface area contributed by atoms with E-state index < -0.39 is 11.9 Å². The Labute approximate surface area is 124 Å². The molecule has 0 spiro atoms. The lowest BCUT2D eigenvalue weighted by Crippen LogP contribution is -2.35. The van der Waals surface area contributed by atoms with Crippen LogP contribution in [0.5, 0.6) is 0 Å². The highest BCUT2D eigenvalue weighted by molar-refractivity contribution is 5.82. The highest BCUT2D eigenvalue weighted by Crippen LogP contribution is 2.33. The number of amides is 1. The molecule has 5 nitrogen and oxygen atoms in total. The van der Waals surface area contributed by atoms with Gasteiger partial charge in [-0.1, -0.05) is 30.3 Å². The predicted octanol–water partition coefficient (Wildman–Crippen LogP) is 1.47. The molecular weight excluding hydrogens is 270 g/mol. The first-order chi connectivity index (χ1) is 10.1. The van der Waals surface area contributed by atoms with Crippen LogP contribution < -0.4 is 5.32 Å². The molecule has 0 aromatic heterocycles. The Morgan fingerprint density at radius 3 is 2.71 bits per heavy atom. The van der Waals surface area contributed by atoms with Gasteiger partial charge in [0.05, 0.1) is 17.9 Å². The van der Waals surface area contributed by atoms with E-state index in [0.29, 0.717) is 13.0 Å². The molecule has 0 bridgehead atoms. The van der Waals surface area contributed by atoms with E-state index in [1.54, 1.807) is 0 Å². The summed E-state index contributed by atoms with van der Waals surface area (Å²) in [7, 11) is 0. The van der Waals surface area contributed by atoms with Crippen molar-refractivity contribution in [2.75, 3.05) is 13.2 Å². The van der Waals surface area contributed by atoms with E-state index in [4.69, 9.17) is 4.74 Å². The zero-order chi connectivity index (χ0) is 15.2. The first-order valence-electron chi connectivity index (χ1n) is 7.27. The molecule has 0 unspecified atom stereocenters. The van der Waals surface area contributed by atoms with Crippen LogP contribution in [0.4, 0.5) is 0 Å². The quantitative estimate of drug-likeness (QED) is 0.760. The Hall–Kier alpha value is -1.88. The minimum Gasteiger partial charge on any atom is -0.481 e. The van der Waals surface area contributed by atoms with Crippen LogP contribution in [-0.2, 0) is 20.7 Å². The van der Waals surface area contributed by atoms with Crippen LogP contribution >= 0.6 is 0 Å². The molecule has 1 aromatic carbocycles. The number of rotatable bonds is 8. The third-order valence-electron chi connectivity index (χ3n) is 3.65. The third-order valence-corrected chi connectivity index (χ3v) is 3.65. The standard InChI is InChI=1S/C16H21NO4/c1-2-21-14-9-13(14)15(18)17-10-12(16(19)20)8-11-6-4-3-5-7-11/h3-7,12-14H,2,8-10H2,1H3,(H,17,18)(H,19,20)/t12-,13+,14+/m0/s1. The van der Waals surface area contributed by atoms with Gasteiger partial charge >= 0.3 is 5.97 Å². The van der Waals surface area contributed by atoms with Gasteiger partial charge in [-0.15, -0.1) is 0 Å². The van der Waals surface area contributed by atoms with E-state index in [1.165, 1.54) is 0 Å². The average Bonchev–Trinajstić information content (AvgIpc) is 3.24. The number of ether oxygens (including phenoxy) is 1.